The molecule has 0 amide bonds. The maximum atomic E-state index is 5.36. The summed E-state index contributed by atoms with van der Waals surface area (Å²) < 4.78 is 2.60. The van der Waals surface area contributed by atoms with Crippen molar-refractivity contribution in [3.05, 3.63) is 176 Å². The third kappa shape index (κ3) is 5.16. The van der Waals surface area contributed by atoms with E-state index in [-0.39, 0.29) is 0 Å². The standard InChI is InChI=1S/C47H29N3S/c1-4-12-31(13-5-1)39-29-40(50-47(49-39)34-16-8-3-9-17-34)32-22-20-30(21-23-32)35-24-25-36-41(28-35)48-46(33-14-6-2-7-15-33)38-26-27-43-45(44(36)38)37-18-10-11-19-42(37)51-43/h1-29H. The number of nitrogens with zero attached hydrogens (tertiary/aromatic N) is 3. The molecule has 0 radical (unpaired) electrons. The number of rotatable bonds is 5. The Morgan fingerprint density at radius 1 is 0.333 bits per heavy atom. The van der Waals surface area contributed by atoms with Crippen LogP contribution in [0.1, 0.15) is 0 Å². The lowest BCUT2D eigenvalue weighted by atomic mass is 9.94. The minimum atomic E-state index is 0.714. The first-order chi connectivity index (χ1) is 25.3. The second-order valence-electron chi connectivity index (χ2n) is 12.8. The van der Waals surface area contributed by atoms with E-state index in [0.29, 0.717) is 5.82 Å². The van der Waals surface area contributed by atoms with Gasteiger partial charge in [0.1, 0.15) is 0 Å². The monoisotopic (exact) mass is 667 g/mol. The summed E-state index contributed by atoms with van der Waals surface area (Å²) in [6, 6.07) is 61.8. The van der Waals surface area contributed by atoms with E-state index in [0.717, 1.165) is 56.0 Å². The Kier molecular flexibility index (Phi) is 7.00. The maximum absolute atomic E-state index is 5.36. The molecule has 3 nitrogen and oxygen atoms in total. The first-order valence-corrected chi connectivity index (χ1v) is 17.9. The summed E-state index contributed by atoms with van der Waals surface area (Å²) >= 11 is 1.86. The van der Waals surface area contributed by atoms with Gasteiger partial charge >= 0.3 is 0 Å². The van der Waals surface area contributed by atoms with Crippen LogP contribution in [0.2, 0.25) is 0 Å². The lowest BCUT2D eigenvalue weighted by Crippen LogP contribution is -1.95. The molecule has 3 aromatic heterocycles. The Morgan fingerprint density at radius 3 is 1.63 bits per heavy atom. The summed E-state index contributed by atoms with van der Waals surface area (Å²) in [5.41, 5.74) is 10.3. The number of pyridine rings is 1. The topological polar surface area (TPSA) is 38.7 Å². The van der Waals surface area contributed by atoms with Crippen molar-refractivity contribution in [1.29, 1.82) is 0 Å². The van der Waals surface area contributed by atoms with Crippen LogP contribution in [-0.2, 0) is 0 Å². The van der Waals surface area contributed by atoms with Gasteiger partial charge in [0.15, 0.2) is 5.82 Å². The van der Waals surface area contributed by atoms with Gasteiger partial charge in [0.25, 0.3) is 0 Å². The van der Waals surface area contributed by atoms with Crippen molar-refractivity contribution in [1.82, 2.24) is 15.0 Å². The van der Waals surface area contributed by atoms with Crippen molar-refractivity contribution in [2.45, 2.75) is 0 Å². The molecule has 0 spiro atoms. The first-order valence-electron chi connectivity index (χ1n) is 17.1. The molecule has 0 saturated carbocycles. The zero-order chi connectivity index (χ0) is 33.7. The van der Waals surface area contributed by atoms with E-state index in [9.17, 15) is 0 Å². The van der Waals surface area contributed by atoms with E-state index < -0.39 is 0 Å². The third-order valence-electron chi connectivity index (χ3n) is 9.69. The fraction of sp³-hybridized carbons (Fsp3) is 0. The second-order valence-corrected chi connectivity index (χ2v) is 13.9. The van der Waals surface area contributed by atoms with Gasteiger partial charge in [-0.25, -0.2) is 15.0 Å². The summed E-state index contributed by atoms with van der Waals surface area (Å²) in [6.45, 7) is 0. The zero-order valence-corrected chi connectivity index (χ0v) is 28.3. The molecule has 51 heavy (non-hydrogen) atoms. The van der Waals surface area contributed by atoms with Crippen molar-refractivity contribution in [2.75, 3.05) is 0 Å². The minimum Gasteiger partial charge on any atom is -0.247 e. The molecule has 0 aliphatic carbocycles. The van der Waals surface area contributed by atoms with Crippen LogP contribution in [0.5, 0.6) is 0 Å². The van der Waals surface area contributed by atoms with Crippen LogP contribution in [0.15, 0.2) is 176 Å². The van der Waals surface area contributed by atoms with E-state index in [1.807, 2.05) is 47.7 Å². The summed E-state index contributed by atoms with van der Waals surface area (Å²) in [6.07, 6.45) is 0. The summed E-state index contributed by atoms with van der Waals surface area (Å²) in [5, 5.41) is 6.22. The minimum absolute atomic E-state index is 0.714. The number of aromatic nitrogens is 3. The molecule has 4 heteroatoms. The molecule has 0 atom stereocenters. The largest absolute Gasteiger partial charge is 0.247 e. The lowest BCUT2D eigenvalue weighted by Gasteiger charge is -2.13. The Morgan fingerprint density at radius 2 is 0.902 bits per heavy atom. The Labute approximate surface area is 299 Å². The number of hydrogen-bond donors (Lipinski definition) is 0. The number of thiophene rings is 1. The van der Waals surface area contributed by atoms with E-state index >= 15 is 0 Å². The van der Waals surface area contributed by atoms with Gasteiger partial charge in [-0.15, -0.1) is 11.3 Å². The highest BCUT2D eigenvalue weighted by Gasteiger charge is 2.17. The number of benzene rings is 7. The predicted molar refractivity (Wildman–Crippen MR) is 215 cm³/mol. The molecular weight excluding hydrogens is 639 g/mol. The Hall–Kier alpha value is -6.49. The van der Waals surface area contributed by atoms with Crippen molar-refractivity contribution in [3.63, 3.8) is 0 Å². The van der Waals surface area contributed by atoms with Crippen LogP contribution in [0.25, 0.3) is 98.1 Å². The second kappa shape index (κ2) is 12.1. The van der Waals surface area contributed by atoms with Crippen molar-refractivity contribution in [3.8, 4) is 56.3 Å². The van der Waals surface area contributed by atoms with Gasteiger partial charge in [0.05, 0.1) is 22.6 Å². The fourth-order valence-corrected chi connectivity index (χ4v) is 8.32. The molecule has 238 valence electrons. The van der Waals surface area contributed by atoms with E-state index in [1.165, 1.54) is 36.3 Å². The predicted octanol–water partition coefficient (Wildman–Crippen LogP) is 12.9. The van der Waals surface area contributed by atoms with E-state index in [4.69, 9.17) is 15.0 Å². The SMILES string of the molecule is c1ccc(-c2cc(-c3ccc(-c4ccc5c(c4)nc(-c4ccccc4)c4ccc6sc7ccccc7c6c45)cc3)nc(-c3ccccc3)n2)cc1. The summed E-state index contributed by atoms with van der Waals surface area (Å²) in [4.78, 5) is 15.4. The zero-order valence-electron chi connectivity index (χ0n) is 27.5. The highest BCUT2D eigenvalue weighted by Crippen LogP contribution is 2.44. The van der Waals surface area contributed by atoms with Crippen LogP contribution < -0.4 is 0 Å². The van der Waals surface area contributed by atoms with Crippen molar-refractivity contribution < 1.29 is 0 Å². The van der Waals surface area contributed by atoms with E-state index in [2.05, 4.69) is 140 Å². The van der Waals surface area contributed by atoms with E-state index in [1.54, 1.807) is 0 Å². The molecule has 0 saturated heterocycles. The van der Waals surface area contributed by atoms with Gasteiger partial charge < -0.3 is 0 Å². The molecule has 10 rings (SSSR count). The molecule has 0 N–H and O–H groups in total. The third-order valence-corrected chi connectivity index (χ3v) is 10.8. The lowest BCUT2D eigenvalue weighted by molar-refractivity contribution is 1.18. The molecule has 0 fully saturated rings. The highest BCUT2D eigenvalue weighted by atomic mass is 32.1. The fourth-order valence-electron chi connectivity index (χ4n) is 7.21. The van der Waals surface area contributed by atoms with Gasteiger partial charge in [-0.3, -0.25) is 0 Å². The molecular formula is C47H29N3S. The molecule has 0 unspecified atom stereocenters. The molecule has 0 aliphatic heterocycles. The quantitative estimate of drug-likeness (QED) is 0.171. The normalized spacial score (nSPS) is 11.5. The van der Waals surface area contributed by atoms with Gasteiger partial charge in [-0.2, -0.15) is 0 Å². The maximum Gasteiger partial charge on any atom is 0.160 e. The smallest absolute Gasteiger partial charge is 0.160 e. The Bertz CT molecular complexity index is 2820. The molecule has 0 aliphatic rings. The highest BCUT2D eigenvalue weighted by molar-refractivity contribution is 7.26. The van der Waals surface area contributed by atoms with Crippen LogP contribution in [0.4, 0.5) is 0 Å². The van der Waals surface area contributed by atoms with Crippen LogP contribution in [0, 0.1) is 0 Å². The van der Waals surface area contributed by atoms with Crippen LogP contribution in [-0.4, -0.2) is 15.0 Å². The van der Waals surface area contributed by atoms with Gasteiger partial charge in [0.2, 0.25) is 0 Å². The van der Waals surface area contributed by atoms with Gasteiger partial charge in [-0.05, 0) is 35.4 Å². The molecule has 0 bridgehead atoms. The average molecular weight is 668 g/mol. The molecule has 7 aromatic carbocycles. The summed E-state index contributed by atoms with van der Waals surface area (Å²) in [5.74, 6) is 0.714. The molecule has 3 heterocycles. The van der Waals surface area contributed by atoms with Crippen LogP contribution in [0.3, 0.4) is 0 Å². The average Bonchev–Trinajstić information content (AvgIpc) is 3.60. The first kappa shape index (κ1) is 29.4. The Balaban J connectivity index is 1.12. The van der Waals surface area contributed by atoms with Gasteiger partial charge in [0, 0.05) is 58.6 Å². The van der Waals surface area contributed by atoms with Crippen molar-refractivity contribution in [2.24, 2.45) is 0 Å². The number of fused-ring (bicyclic) bond motifs is 7. The molecule has 10 aromatic rings. The number of hydrogen-bond acceptors (Lipinski definition) is 4. The van der Waals surface area contributed by atoms with Gasteiger partial charge in [-0.1, -0.05) is 152 Å². The van der Waals surface area contributed by atoms with Crippen LogP contribution >= 0.6 is 11.3 Å². The summed E-state index contributed by atoms with van der Waals surface area (Å²) in [7, 11) is 0. The van der Waals surface area contributed by atoms with Crippen molar-refractivity contribution >= 4 is 53.2 Å².